The molecular formula is C14H17N3O2S. The van der Waals surface area contributed by atoms with Gasteiger partial charge in [-0.2, -0.15) is 0 Å². The lowest BCUT2D eigenvalue weighted by Crippen LogP contribution is -2.15. The van der Waals surface area contributed by atoms with Crippen LogP contribution < -0.4 is 5.32 Å². The van der Waals surface area contributed by atoms with Crippen LogP contribution in [0.1, 0.15) is 22.7 Å². The molecule has 0 aromatic carbocycles. The zero-order valence-corrected chi connectivity index (χ0v) is 12.6. The molecule has 1 N–H and O–H groups in total. The van der Waals surface area contributed by atoms with Crippen molar-refractivity contribution in [1.82, 2.24) is 10.1 Å². The van der Waals surface area contributed by atoms with E-state index in [0.717, 1.165) is 28.5 Å². The highest BCUT2D eigenvalue weighted by Gasteiger charge is 2.10. The molecule has 0 saturated carbocycles. The van der Waals surface area contributed by atoms with E-state index in [1.807, 2.05) is 32.9 Å². The van der Waals surface area contributed by atoms with Gasteiger partial charge in [0.15, 0.2) is 0 Å². The molecule has 0 radical (unpaired) electrons. The number of carbonyl (C=O) groups is 1. The maximum atomic E-state index is 11.8. The minimum Gasteiger partial charge on any atom is -0.361 e. The molecule has 106 valence electrons. The summed E-state index contributed by atoms with van der Waals surface area (Å²) in [6.07, 6.45) is 0. The Labute approximate surface area is 122 Å². The number of pyridine rings is 1. The molecule has 0 saturated heterocycles. The summed E-state index contributed by atoms with van der Waals surface area (Å²) >= 11 is 1.53. The summed E-state index contributed by atoms with van der Waals surface area (Å²) in [5.74, 6) is 2.44. The number of amides is 1. The van der Waals surface area contributed by atoms with E-state index in [-0.39, 0.29) is 5.91 Å². The Morgan fingerprint density at radius 1 is 1.35 bits per heavy atom. The Hall–Kier alpha value is -1.82. The van der Waals surface area contributed by atoms with Gasteiger partial charge in [-0.05, 0) is 32.9 Å². The van der Waals surface area contributed by atoms with Crippen molar-refractivity contribution in [3.8, 4) is 0 Å². The van der Waals surface area contributed by atoms with Crippen molar-refractivity contribution in [3.05, 3.63) is 40.9 Å². The fourth-order valence-electron chi connectivity index (χ4n) is 1.75. The van der Waals surface area contributed by atoms with Crippen LogP contribution in [0.2, 0.25) is 0 Å². The number of anilines is 1. The van der Waals surface area contributed by atoms with E-state index in [9.17, 15) is 4.79 Å². The molecule has 0 bridgehead atoms. The summed E-state index contributed by atoms with van der Waals surface area (Å²) in [4.78, 5) is 16.0. The number of rotatable bonds is 5. The summed E-state index contributed by atoms with van der Waals surface area (Å²) in [6, 6.07) is 5.54. The van der Waals surface area contributed by atoms with Crippen molar-refractivity contribution in [2.45, 2.75) is 26.5 Å². The van der Waals surface area contributed by atoms with Crippen LogP contribution in [0.25, 0.3) is 0 Å². The molecule has 2 rings (SSSR count). The molecule has 5 nitrogen and oxygen atoms in total. The Balaban J connectivity index is 1.81. The lowest BCUT2D eigenvalue weighted by atomic mass is 10.2. The quantitative estimate of drug-likeness (QED) is 0.917. The first-order valence-corrected chi connectivity index (χ1v) is 7.44. The maximum Gasteiger partial charge on any atom is 0.235 e. The molecule has 0 unspecified atom stereocenters. The minimum absolute atomic E-state index is 0.0557. The molecule has 20 heavy (non-hydrogen) atoms. The van der Waals surface area contributed by atoms with Gasteiger partial charge in [0.1, 0.15) is 11.6 Å². The summed E-state index contributed by atoms with van der Waals surface area (Å²) < 4.78 is 5.09. The highest BCUT2D eigenvalue weighted by Crippen LogP contribution is 2.19. The molecule has 6 heteroatoms. The first kappa shape index (κ1) is 14.6. The number of hydrogen-bond acceptors (Lipinski definition) is 5. The van der Waals surface area contributed by atoms with Gasteiger partial charge in [-0.3, -0.25) is 4.79 Å². The predicted octanol–water partition coefficient (Wildman–Crippen LogP) is 2.87. The number of thioether (sulfide) groups is 1. The minimum atomic E-state index is -0.0557. The third kappa shape index (κ3) is 3.84. The van der Waals surface area contributed by atoms with Gasteiger partial charge < -0.3 is 9.84 Å². The van der Waals surface area contributed by atoms with Gasteiger partial charge in [0.25, 0.3) is 0 Å². The van der Waals surface area contributed by atoms with E-state index in [0.29, 0.717) is 11.6 Å². The van der Waals surface area contributed by atoms with Crippen molar-refractivity contribution in [3.63, 3.8) is 0 Å². The van der Waals surface area contributed by atoms with E-state index >= 15 is 0 Å². The molecule has 0 aliphatic heterocycles. The number of carbonyl (C=O) groups excluding carboxylic acids is 1. The first-order chi connectivity index (χ1) is 9.56. The van der Waals surface area contributed by atoms with Crippen molar-refractivity contribution < 1.29 is 9.32 Å². The van der Waals surface area contributed by atoms with Crippen LogP contribution in [0.3, 0.4) is 0 Å². The van der Waals surface area contributed by atoms with E-state index < -0.39 is 0 Å². The highest BCUT2D eigenvalue weighted by atomic mass is 32.2. The molecule has 0 aliphatic rings. The molecule has 0 spiro atoms. The normalized spacial score (nSPS) is 10.6. The molecule has 0 aliphatic carbocycles. The SMILES string of the molecule is Cc1cccc(NC(=O)CSCc2c(C)noc2C)n1. The Kier molecular flexibility index (Phi) is 4.79. The zero-order chi connectivity index (χ0) is 14.5. The molecule has 0 fully saturated rings. The van der Waals surface area contributed by atoms with Crippen molar-refractivity contribution in [1.29, 1.82) is 0 Å². The van der Waals surface area contributed by atoms with Crippen LogP contribution in [-0.4, -0.2) is 21.8 Å². The summed E-state index contributed by atoms with van der Waals surface area (Å²) in [5.41, 5.74) is 2.83. The van der Waals surface area contributed by atoms with E-state index in [4.69, 9.17) is 4.52 Å². The Morgan fingerprint density at radius 2 is 2.15 bits per heavy atom. The summed E-state index contributed by atoms with van der Waals surface area (Å²) in [6.45, 7) is 5.68. The number of aromatic nitrogens is 2. The van der Waals surface area contributed by atoms with Crippen LogP contribution in [0.15, 0.2) is 22.7 Å². The summed E-state index contributed by atoms with van der Waals surface area (Å²) in [7, 11) is 0. The first-order valence-electron chi connectivity index (χ1n) is 6.29. The van der Waals surface area contributed by atoms with Gasteiger partial charge in [-0.15, -0.1) is 11.8 Å². The third-order valence-corrected chi connectivity index (χ3v) is 3.78. The van der Waals surface area contributed by atoms with Gasteiger partial charge in [-0.25, -0.2) is 4.98 Å². The lowest BCUT2D eigenvalue weighted by molar-refractivity contribution is -0.113. The smallest absolute Gasteiger partial charge is 0.235 e. The average Bonchev–Trinajstić information content (AvgIpc) is 2.70. The fourth-order valence-corrected chi connectivity index (χ4v) is 2.72. The number of nitrogens with zero attached hydrogens (tertiary/aromatic N) is 2. The van der Waals surface area contributed by atoms with Crippen LogP contribution in [-0.2, 0) is 10.5 Å². The van der Waals surface area contributed by atoms with E-state index in [1.165, 1.54) is 11.8 Å². The van der Waals surface area contributed by atoms with Gasteiger partial charge in [-0.1, -0.05) is 11.2 Å². The molecule has 2 heterocycles. The molecule has 1 amide bonds. The Morgan fingerprint density at radius 3 is 2.80 bits per heavy atom. The van der Waals surface area contributed by atoms with Crippen molar-refractivity contribution in [2.24, 2.45) is 0 Å². The maximum absolute atomic E-state index is 11.8. The second kappa shape index (κ2) is 6.56. The van der Waals surface area contributed by atoms with Gasteiger partial charge in [0.05, 0.1) is 11.4 Å². The topological polar surface area (TPSA) is 68.0 Å². The average molecular weight is 291 g/mol. The molecule has 0 atom stereocenters. The molecule has 2 aromatic heterocycles. The largest absolute Gasteiger partial charge is 0.361 e. The lowest BCUT2D eigenvalue weighted by Gasteiger charge is -2.05. The standard InChI is InChI=1S/C14H17N3O2S/c1-9-5-4-6-13(15-9)16-14(18)8-20-7-12-10(2)17-19-11(12)3/h4-6H,7-8H2,1-3H3,(H,15,16,18). The third-order valence-electron chi connectivity index (χ3n) is 2.82. The predicted molar refractivity (Wildman–Crippen MR) is 79.7 cm³/mol. The van der Waals surface area contributed by atoms with Crippen molar-refractivity contribution in [2.75, 3.05) is 11.1 Å². The number of aryl methyl sites for hydroxylation is 3. The van der Waals surface area contributed by atoms with Crippen LogP contribution in [0.5, 0.6) is 0 Å². The second-order valence-electron chi connectivity index (χ2n) is 4.51. The fraction of sp³-hybridized carbons (Fsp3) is 0.357. The van der Waals surface area contributed by atoms with Gasteiger partial charge in [0.2, 0.25) is 5.91 Å². The van der Waals surface area contributed by atoms with Gasteiger partial charge >= 0.3 is 0 Å². The monoisotopic (exact) mass is 291 g/mol. The molecule has 2 aromatic rings. The van der Waals surface area contributed by atoms with Crippen LogP contribution >= 0.6 is 11.8 Å². The van der Waals surface area contributed by atoms with Crippen molar-refractivity contribution >= 4 is 23.5 Å². The van der Waals surface area contributed by atoms with Gasteiger partial charge in [0, 0.05) is 17.0 Å². The van der Waals surface area contributed by atoms with Crippen LogP contribution in [0, 0.1) is 20.8 Å². The van der Waals surface area contributed by atoms with E-state index in [1.54, 1.807) is 6.07 Å². The Bertz CT molecular complexity index is 591. The van der Waals surface area contributed by atoms with E-state index in [2.05, 4.69) is 15.5 Å². The zero-order valence-electron chi connectivity index (χ0n) is 11.8. The highest BCUT2D eigenvalue weighted by molar-refractivity contribution is 7.99. The second-order valence-corrected chi connectivity index (χ2v) is 5.49. The summed E-state index contributed by atoms with van der Waals surface area (Å²) in [5, 5.41) is 6.67. The molecular weight excluding hydrogens is 274 g/mol. The van der Waals surface area contributed by atoms with Crippen LogP contribution in [0.4, 0.5) is 5.82 Å². The number of nitrogens with one attached hydrogen (secondary N) is 1. The number of hydrogen-bond donors (Lipinski definition) is 1.